The first-order valence-corrected chi connectivity index (χ1v) is 10.9. The van der Waals surface area contributed by atoms with Gasteiger partial charge in [0.2, 0.25) is 0 Å². The molecular formula is C23H30ClN4O2+. The summed E-state index contributed by atoms with van der Waals surface area (Å²) in [5.41, 5.74) is 3.61. The summed E-state index contributed by atoms with van der Waals surface area (Å²) in [6.07, 6.45) is 2.47. The maximum Gasteiger partial charge on any atom is 0.279 e. The molecule has 3 rings (SSSR count). The highest BCUT2D eigenvalue weighted by Gasteiger charge is 2.18. The quantitative estimate of drug-likeness (QED) is 0.604. The second kappa shape index (κ2) is 10.5. The van der Waals surface area contributed by atoms with E-state index in [1.54, 1.807) is 12.1 Å². The molecule has 0 aromatic heterocycles. The fourth-order valence-corrected chi connectivity index (χ4v) is 3.80. The van der Waals surface area contributed by atoms with Crippen LogP contribution in [0.15, 0.2) is 42.5 Å². The normalized spacial score (nSPS) is 14.4. The van der Waals surface area contributed by atoms with E-state index in [2.05, 4.69) is 15.5 Å². The molecule has 1 aliphatic heterocycles. The number of carbonyl (C=O) groups is 2. The molecule has 0 bridgehead atoms. The van der Waals surface area contributed by atoms with Crippen LogP contribution in [0.4, 0.5) is 17.1 Å². The lowest BCUT2D eigenvalue weighted by Gasteiger charge is -2.19. The number of nitrogens with zero attached hydrogens (tertiary/aromatic N) is 1. The molecule has 30 heavy (non-hydrogen) atoms. The van der Waals surface area contributed by atoms with Crippen LogP contribution in [0.1, 0.15) is 25.3 Å². The zero-order chi connectivity index (χ0) is 21.5. The second-order valence-corrected chi connectivity index (χ2v) is 8.19. The van der Waals surface area contributed by atoms with Gasteiger partial charge in [-0.15, -0.1) is 0 Å². The lowest BCUT2D eigenvalue weighted by molar-refractivity contribution is -0.881. The van der Waals surface area contributed by atoms with Gasteiger partial charge in [0.05, 0.1) is 6.54 Å². The van der Waals surface area contributed by atoms with E-state index in [-0.39, 0.29) is 24.9 Å². The molecule has 1 atom stereocenters. The lowest BCUT2D eigenvalue weighted by atomic mass is 10.2. The van der Waals surface area contributed by atoms with Crippen LogP contribution in [0.5, 0.6) is 0 Å². The standard InChI is InChI=1S/C23H29ClN4O2/c1-3-27(16-23(30)26-21-14-18(24)7-6-17(21)2)15-22(29)25-19-8-10-20(11-9-19)28-12-4-5-13-28/h6-11,14H,3-5,12-13,15-16H2,1-2H3,(H,25,29)(H,26,30)/p+1. The molecule has 1 aliphatic rings. The third-order valence-electron chi connectivity index (χ3n) is 5.42. The second-order valence-electron chi connectivity index (χ2n) is 7.75. The third-order valence-corrected chi connectivity index (χ3v) is 5.65. The average Bonchev–Trinajstić information content (AvgIpc) is 3.25. The van der Waals surface area contributed by atoms with E-state index < -0.39 is 0 Å². The van der Waals surface area contributed by atoms with Gasteiger partial charge in [0.25, 0.3) is 11.8 Å². The Hall–Kier alpha value is -2.57. The summed E-state index contributed by atoms with van der Waals surface area (Å²) in [6.45, 7) is 7.18. The number of quaternary nitrogens is 1. The average molecular weight is 430 g/mol. The highest BCUT2D eigenvalue weighted by molar-refractivity contribution is 6.31. The summed E-state index contributed by atoms with van der Waals surface area (Å²) in [5.74, 6) is -0.243. The molecule has 6 nitrogen and oxygen atoms in total. The maximum atomic E-state index is 12.5. The van der Waals surface area contributed by atoms with Gasteiger partial charge in [0, 0.05) is 35.2 Å². The zero-order valence-electron chi connectivity index (χ0n) is 17.6. The molecular weight excluding hydrogens is 400 g/mol. The summed E-state index contributed by atoms with van der Waals surface area (Å²) < 4.78 is 0. The summed E-state index contributed by atoms with van der Waals surface area (Å²) in [6, 6.07) is 13.4. The smallest absolute Gasteiger partial charge is 0.279 e. The van der Waals surface area contributed by atoms with Crippen molar-refractivity contribution in [2.24, 2.45) is 0 Å². The highest BCUT2D eigenvalue weighted by Crippen LogP contribution is 2.22. The van der Waals surface area contributed by atoms with Gasteiger partial charge < -0.3 is 20.4 Å². The Morgan fingerprint density at radius 1 is 1.00 bits per heavy atom. The van der Waals surface area contributed by atoms with Crippen LogP contribution in [0.2, 0.25) is 5.02 Å². The van der Waals surface area contributed by atoms with Gasteiger partial charge >= 0.3 is 0 Å². The number of hydrogen-bond acceptors (Lipinski definition) is 3. The fraction of sp³-hybridized carbons (Fsp3) is 0.391. The molecule has 2 aromatic rings. The third kappa shape index (κ3) is 6.21. The molecule has 2 amide bonds. The highest BCUT2D eigenvalue weighted by atomic mass is 35.5. The van der Waals surface area contributed by atoms with Crippen molar-refractivity contribution < 1.29 is 14.5 Å². The molecule has 3 N–H and O–H groups in total. The molecule has 0 spiro atoms. The van der Waals surface area contributed by atoms with E-state index in [9.17, 15) is 9.59 Å². The molecule has 160 valence electrons. The molecule has 7 heteroatoms. The number of aryl methyl sites for hydroxylation is 1. The Bertz CT molecular complexity index is 879. The van der Waals surface area contributed by atoms with E-state index in [0.717, 1.165) is 29.2 Å². The van der Waals surface area contributed by atoms with E-state index in [1.807, 2.05) is 44.2 Å². The van der Waals surface area contributed by atoms with Crippen LogP contribution in [-0.2, 0) is 9.59 Å². The molecule has 1 fully saturated rings. The van der Waals surface area contributed by atoms with Crippen LogP contribution in [0.3, 0.4) is 0 Å². The molecule has 2 aromatic carbocycles. The van der Waals surface area contributed by atoms with Crippen LogP contribution in [0.25, 0.3) is 0 Å². The number of nitrogens with one attached hydrogen (secondary N) is 3. The van der Waals surface area contributed by atoms with E-state index in [4.69, 9.17) is 11.6 Å². The van der Waals surface area contributed by atoms with Gasteiger partial charge in [-0.3, -0.25) is 9.59 Å². The van der Waals surface area contributed by atoms with Gasteiger partial charge in [-0.05, 0) is 68.7 Å². The van der Waals surface area contributed by atoms with Crippen molar-refractivity contribution in [3.05, 3.63) is 53.1 Å². The van der Waals surface area contributed by atoms with Crippen LogP contribution < -0.4 is 20.4 Å². The van der Waals surface area contributed by atoms with Crippen LogP contribution in [-0.4, -0.2) is 44.5 Å². The Labute approximate surface area is 183 Å². The number of carbonyl (C=O) groups excluding carboxylic acids is 2. The summed E-state index contributed by atoms with van der Waals surface area (Å²) in [4.78, 5) is 28.2. The monoisotopic (exact) mass is 429 g/mol. The van der Waals surface area contributed by atoms with Gasteiger partial charge in [-0.25, -0.2) is 0 Å². The predicted molar refractivity (Wildman–Crippen MR) is 123 cm³/mol. The number of hydrogen-bond donors (Lipinski definition) is 3. The van der Waals surface area contributed by atoms with Gasteiger partial charge in [-0.2, -0.15) is 0 Å². The van der Waals surface area contributed by atoms with Crippen LogP contribution in [0, 0.1) is 6.92 Å². The van der Waals surface area contributed by atoms with Gasteiger partial charge in [0.1, 0.15) is 0 Å². The molecule has 0 radical (unpaired) electrons. The minimum atomic E-state index is -0.139. The van der Waals surface area contributed by atoms with Crippen LogP contribution >= 0.6 is 11.6 Å². The number of amides is 2. The summed E-state index contributed by atoms with van der Waals surface area (Å²) in [5, 5.41) is 6.40. The number of anilines is 3. The first-order chi connectivity index (χ1) is 14.4. The molecule has 0 saturated carbocycles. The Balaban J connectivity index is 1.50. The largest absolute Gasteiger partial charge is 0.372 e. The molecule has 0 aliphatic carbocycles. The van der Waals surface area contributed by atoms with E-state index in [0.29, 0.717) is 17.3 Å². The number of halogens is 1. The van der Waals surface area contributed by atoms with E-state index >= 15 is 0 Å². The predicted octanol–water partition coefficient (Wildman–Crippen LogP) is 2.73. The van der Waals surface area contributed by atoms with Gasteiger partial charge in [0.15, 0.2) is 13.1 Å². The minimum Gasteiger partial charge on any atom is -0.372 e. The number of likely N-dealkylation sites (N-methyl/N-ethyl adjacent to an activating group) is 1. The van der Waals surface area contributed by atoms with Gasteiger partial charge in [-0.1, -0.05) is 17.7 Å². The SMILES string of the molecule is CC[NH+](CC(=O)Nc1ccc(N2CCCC2)cc1)CC(=O)Nc1cc(Cl)ccc1C. The maximum absolute atomic E-state index is 12.5. The van der Waals surface area contributed by atoms with Crippen molar-refractivity contribution in [2.45, 2.75) is 26.7 Å². The van der Waals surface area contributed by atoms with Crippen molar-refractivity contribution in [2.75, 3.05) is 48.3 Å². The van der Waals surface area contributed by atoms with Crippen molar-refractivity contribution in [3.63, 3.8) is 0 Å². The van der Waals surface area contributed by atoms with Crippen molar-refractivity contribution in [1.82, 2.24) is 0 Å². The van der Waals surface area contributed by atoms with E-state index in [1.165, 1.54) is 18.5 Å². The number of rotatable bonds is 8. The van der Waals surface area contributed by atoms with Crippen molar-refractivity contribution in [1.29, 1.82) is 0 Å². The molecule has 1 saturated heterocycles. The van der Waals surface area contributed by atoms with Crippen molar-refractivity contribution >= 4 is 40.5 Å². The summed E-state index contributed by atoms with van der Waals surface area (Å²) in [7, 11) is 0. The minimum absolute atomic E-state index is 0.104. The fourth-order valence-electron chi connectivity index (χ4n) is 3.63. The molecule has 1 heterocycles. The summed E-state index contributed by atoms with van der Waals surface area (Å²) >= 11 is 6.01. The zero-order valence-corrected chi connectivity index (χ0v) is 18.4. The van der Waals surface area contributed by atoms with Crippen molar-refractivity contribution in [3.8, 4) is 0 Å². The lowest BCUT2D eigenvalue weighted by Crippen LogP contribution is -3.13. The Kier molecular flexibility index (Phi) is 7.71. The topological polar surface area (TPSA) is 65.9 Å². The Morgan fingerprint density at radius 3 is 2.27 bits per heavy atom. The first-order valence-electron chi connectivity index (χ1n) is 10.5. The molecule has 1 unspecified atom stereocenters. The first kappa shape index (κ1) is 22.1. The Morgan fingerprint density at radius 2 is 1.63 bits per heavy atom. The number of benzene rings is 2.